The SMILES string of the molecule is CCC(C)c1ccc2c(C(=O)NC)c(-c3ccc(F)cc3)oc2c1. The summed E-state index contributed by atoms with van der Waals surface area (Å²) in [5.74, 6) is 0.336. The van der Waals surface area contributed by atoms with Gasteiger partial charge in [0.2, 0.25) is 0 Å². The van der Waals surface area contributed by atoms with E-state index in [-0.39, 0.29) is 11.7 Å². The topological polar surface area (TPSA) is 42.2 Å². The molecule has 0 aliphatic carbocycles. The predicted molar refractivity (Wildman–Crippen MR) is 93.7 cm³/mol. The van der Waals surface area contributed by atoms with Crippen LogP contribution in [-0.4, -0.2) is 13.0 Å². The summed E-state index contributed by atoms with van der Waals surface area (Å²) in [5, 5.41) is 3.42. The van der Waals surface area contributed by atoms with Crippen molar-refractivity contribution in [2.75, 3.05) is 7.05 Å². The van der Waals surface area contributed by atoms with E-state index in [1.807, 2.05) is 18.2 Å². The number of rotatable bonds is 4. The van der Waals surface area contributed by atoms with Crippen molar-refractivity contribution in [1.82, 2.24) is 5.32 Å². The molecule has 3 nitrogen and oxygen atoms in total. The van der Waals surface area contributed by atoms with Crippen LogP contribution in [0.25, 0.3) is 22.3 Å². The molecule has 0 aliphatic rings. The van der Waals surface area contributed by atoms with E-state index in [1.165, 1.54) is 17.7 Å². The molecule has 1 atom stereocenters. The summed E-state index contributed by atoms with van der Waals surface area (Å²) in [6.45, 7) is 4.29. The first kappa shape index (κ1) is 16.2. The van der Waals surface area contributed by atoms with Crippen LogP contribution in [0.3, 0.4) is 0 Å². The predicted octanol–water partition coefficient (Wildman–Crippen LogP) is 5.11. The van der Waals surface area contributed by atoms with Crippen LogP contribution in [0.1, 0.15) is 42.1 Å². The van der Waals surface area contributed by atoms with Crippen LogP contribution >= 0.6 is 0 Å². The van der Waals surface area contributed by atoms with Gasteiger partial charge in [-0.1, -0.05) is 19.9 Å². The fourth-order valence-electron chi connectivity index (χ4n) is 2.81. The highest BCUT2D eigenvalue weighted by Crippen LogP contribution is 2.35. The number of carbonyl (C=O) groups is 1. The van der Waals surface area contributed by atoms with Crippen molar-refractivity contribution < 1.29 is 13.6 Å². The minimum atomic E-state index is -0.324. The molecule has 0 aliphatic heterocycles. The van der Waals surface area contributed by atoms with Crippen molar-refractivity contribution in [1.29, 1.82) is 0 Å². The largest absolute Gasteiger partial charge is 0.455 e. The van der Waals surface area contributed by atoms with Crippen LogP contribution < -0.4 is 5.32 Å². The third kappa shape index (κ3) is 2.80. The molecule has 1 unspecified atom stereocenters. The Kier molecular flexibility index (Phi) is 4.38. The molecule has 4 heteroatoms. The van der Waals surface area contributed by atoms with Crippen molar-refractivity contribution >= 4 is 16.9 Å². The lowest BCUT2D eigenvalue weighted by Crippen LogP contribution is -2.18. The van der Waals surface area contributed by atoms with E-state index in [1.54, 1.807) is 19.2 Å². The summed E-state index contributed by atoms with van der Waals surface area (Å²) >= 11 is 0. The molecule has 3 rings (SSSR count). The van der Waals surface area contributed by atoms with Gasteiger partial charge in [-0.15, -0.1) is 0 Å². The third-order valence-electron chi connectivity index (χ3n) is 4.46. The van der Waals surface area contributed by atoms with E-state index in [0.29, 0.717) is 28.4 Å². The van der Waals surface area contributed by atoms with Gasteiger partial charge in [-0.25, -0.2) is 4.39 Å². The normalized spacial score (nSPS) is 12.3. The first-order valence-corrected chi connectivity index (χ1v) is 8.09. The molecule has 1 amide bonds. The van der Waals surface area contributed by atoms with Gasteiger partial charge in [0.25, 0.3) is 5.91 Å². The lowest BCUT2D eigenvalue weighted by atomic mass is 9.97. The number of carbonyl (C=O) groups excluding carboxylic acids is 1. The molecule has 124 valence electrons. The molecule has 0 bridgehead atoms. The van der Waals surface area contributed by atoms with E-state index in [2.05, 4.69) is 19.2 Å². The molecule has 2 aromatic carbocycles. The van der Waals surface area contributed by atoms with Gasteiger partial charge in [0, 0.05) is 18.0 Å². The minimum absolute atomic E-state index is 0.218. The number of halogens is 1. The second kappa shape index (κ2) is 6.48. The lowest BCUT2D eigenvalue weighted by molar-refractivity contribution is 0.0964. The van der Waals surface area contributed by atoms with Crippen LogP contribution in [0, 0.1) is 5.82 Å². The molecule has 24 heavy (non-hydrogen) atoms. The second-order valence-corrected chi connectivity index (χ2v) is 5.96. The minimum Gasteiger partial charge on any atom is -0.455 e. The molecule has 0 saturated carbocycles. The van der Waals surface area contributed by atoms with Crippen LogP contribution in [0.5, 0.6) is 0 Å². The second-order valence-electron chi connectivity index (χ2n) is 5.96. The Balaban J connectivity index is 2.23. The van der Waals surface area contributed by atoms with Gasteiger partial charge in [-0.3, -0.25) is 4.79 Å². The highest BCUT2D eigenvalue weighted by atomic mass is 19.1. The van der Waals surface area contributed by atoms with E-state index in [0.717, 1.165) is 11.8 Å². The number of nitrogens with one attached hydrogen (secondary N) is 1. The summed E-state index contributed by atoms with van der Waals surface area (Å²) in [6, 6.07) is 11.9. The average Bonchev–Trinajstić information content (AvgIpc) is 2.99. The molecule has 0 saturated heterocycles. The Morgan fingerprint density at radius 2 is 1.92 bits per heavy atom. The van der Waals surface area contributed by atoms with Gasteiger partial charge in [0.05, 0.1) is 5.56 Å². The lowest BCUT2D eigenvalue weighted by Gasteiger charge is -2.08. The highest BCUT2D eigenvalue weighted by molar-refractivity contribution is 6.11. The molecular formula is C20H20FNO2. The van der Waals surface area contributed by atoms with Crippen molar-refractivity contribution in [2.45, 2.75) is 26.2 Å². The first-order valence-electron chi connectivity index (χ1n) is 8.09. The van der Waals surface area contributed by atoms with Crippen LogP contribution in [0.2, 0.25) is 0 Å². The maximum atomic E-state index is 13.2. The zero-order valence-electron chi connectivity index (χ0n) is 14.0. The highest BCUT2D eigenvalue weighted by Gasteiger charge is 2.22. The number of furan rings is 1. The van der Waals surface area contributed by atoms with E-state index in [9.17, 15) is 9.18 Å². The standard InChI is InChI=1S/C20H20FNO2/c1-4-12(2)14-7-10-16-17(11-14)24-19(18(16)20(23)22-3)13-5-8-15(21)9-6-13/h5-12H,4H2,1-3H3,(H,22,23). The summed E-state index contributed by atoms with van der Waals surface area (Å²) in [6.07, 6.45) is 1.03. The molecule has 0 fully saturated rings. The van der Waals surface area contributed by atoms with Crippen LogP contribution in [0.15, 0.2) is 46.9 Å². The number of amides is 1. The summed E-state index contributed by atoms with van der Waals surface area (Å²) < 4.78 is 19.2. The summed E-state index contributed by atoms with van der Waals surface area (Å²) in [4.78, 5) is 12.4. The smallest absolute Gasteiger partial charge is 0.255 e. The number of hydrogen-bond donors (Lipinski definition) is 1. The van der Waals surface area contributed by atoms with Crippen molar-refractivity contribution in [2.24, 2.45) is 0 Å². The van der Waals surface area contributed by atoms with Crippen molar-refractivity contribution in [3.8, 4) is 11.3 Å². The van der Waals surface area contributed by atoms with E-state index < -0.39 is 0 Å². The fourth-order valence-corrected chi connectivity index (χ4v) is 2.81. The number of fused-ring (bicyclic) bond motifs is 1. The van der Waals surface area contributed by atoms with E-state index in [4.69, 9.17) is 4.42 Å². The maximum Gasteiger partial charge on any atom is 0.255 e. The molecule has 1 heterocycles. The Hall–Kier alpha value is -2.62. The Labute approximate surface area is 140 Å². The van der Waals surface area contributed by atoms with Gasteiger partial charge in [0.15, 0.2) is 0 Å². The monoisotopic (exact) mass is 325 g/mol. The van der Waals surface area contributed by atoms with Crippen molar-refractivity contribution in [3.63, 3.8) is 0 Å². The van der Waals surface area contributed by atoms with Crippen LogP contribution in [0.4, 0.5) is 4.39 Å². The third-order valence-corrected chi connectivity index (χ3v) is 4.46. The van der Waals surface area contributed by atoms with Gasteiger partial charge < -0.3 is 9.73 Å². The molecule has 3 aromatic rings. The molecular weight excluding hydrogens is 305 g/mol. The van der Waals surface area contributed by atoms with Gasteiger partial charge in [0.1, 0.15) is 17.2 Å². The Morgan fingerprint density at radius 1 is 1.21 bits per heavy atom. The van der Waals surface area contributed by atoms with Crippen molar-refractivity contribution in [3.05, 3.63) is 59.4 Å². The first-order chi connectivity index (χ1) is 11.5. The number of hydrogen-bond acceptors (Lipinski definition) is 2. The van der Waals surface area contributed by atoms with Gasteiger partial charge in [-0.2, -0.15) is 0 Å². The van der Waals surface area contributed by atoms with Gasteiger partial charge in [-0.05, 0) is 54.3 Å². The molecule has 0 spiro atoms. The molecule has 0 radical (unpaired) electrons. The van der Waals surface area contributed by atoms with E-state index >= 15 is 0 Å². The molecule has 1 aromatic heterocycles. The number of benzene rings is 2. The molecule has 1 N–H and O–H groups in total. The fraction of sp³-hybridized carbons (Fsp3) is 0.250. The zero-order chi connectivity index (χ0) is 17.3. The summed E-state index contributed by atoms with van der Waals surface area (Å²) in [5.41, 5.74) is 3.00. The maximum absolute atomic E-state index is 13.2. The Morgan fingerprint density at radius 3 is 2.54 bits per heavy atom. The quantitative estimate of drug-likeness (QED) is 0.724. The average molecular weight is 325 g/mol. The summed E-state index contributed by atoms with van der Waals surface area (Å²) in [7, 11) is 1.59. The zero-order valence-corrected chi connectivity index (χ0v) is 14.0. The van der Waals surface area contributed by atoms with Crippen LogP contribution in [-0.2, 0) is 0 Å². The van der Waals surface area contributed by atoms with Gasteiger partial charge >= 0.3 is 0 Å². The Bertz CT molecular complexity index is 881.